The molecule has 4 nitrogen and oxygen atoms in total. The number of amides is 1. The maximum atomic E-state index is 12.0. The molecule has 0 fully saturated rings. The second-order valence-corrected chi connectivity index (χ2v) is 3.83. The van der Waals surface area contributed by atoms with Gasteiger partial charge in [-0.3, -0.25) is 9.59 Å². The molecule has 0 unspecified atom stereocenters. The molecule has 0 spiro atoms. The van der Waals surface area contributed by atoms with E-state index in [-0.39, 0.29) is 12.5 Å². The van der Waals surface area contributed by atoms with Crippen LogP contribution < -0.4 is 0 Å². The van der Waals surface area contributed by atoms with Crippen molar-refractivity contribution < 1.29 is 14.3 Å². The van der Waals surface area contributed by atoms with Crippen molar-refractivity contribution in [1.29, 1.82) is 0 Å². The van der Waals surface area contributed by atoms with Crippen molar-refractivity contribution in [1.82, 2.24) is 4.90 Å². The second-order valence-electron chi connectivity index (χ2n) is 3.83. The molecule has 0 aliphatic rings. The zero-order valence-corrected chi connectivity index (χ0v) is 10.3. The molecule has 0 bridgehead atoms. The fraction of sp³-hybridized carbons (Fsp3) is 0.385. The van der Waals surface area contributed by atoms with Gasteiger partial charge in [-0.05, 0) is 12.5 Å². The molecule has 0 aromatic heterocycles. The number of nitrogens with zero attached hydrogens (tertiary/aromatic N) is 1. The van der Waals surface area contributed by atoms with Crippen LogP contribution in [0.2, 0.25) is 0 Å². The first-order valence-electron chi connectivity index (χ1n) is 5.50. The van der Waals surface area contributed by atoms with Crippen LogP contribution in [0, 0.1) is 0 Å². The van der Waals surface area contributed by atoms with Gasteiger partial charge in [-0.1, -0.05) is 30.3 Å². The summed E-state index contributed by atoms with van der Waals surface area (Å²) < 4.78 is 4.94. The van der Waals surface area contributed by atoms with Crippen LogP contribution >= 0.6 is 0 Å². The highest BCUT2D eigenvalue weighted by Gasteiger charge is 2.30. The smallest absolute Gasteiger partial charge is 0.323 e. The van der Waals surface area contributed by atoms with E-state index in [1.165, 1.54) is 4.90 Å². The Morgan fingerprint density at radius 2 is 1.82 bits per heavy atom. The molecule has 1 aromatic carbocycles. The SMILES string of the molecule is CCOC(=O)[C@H](C(=O)N(C)C)c1ccccc1. The average molecular weight is 235 g/mol. The molecule has 0 saturated heterocycles. The first-order chi connectivity index (χ1) is 8.07. The zero-order valence-electron chi connectivity index (χ0n) is 10.3. The molecule has 1 atom stereocenters. The van der Waals surface area contributed by atoms with Gasteiger partial charge in [-0.25, -0.2) is 0 Å². The lowest BCUT2D eigenvalue weighted by atomic mass is 9.98. The molecular formula is C13H17NO3. The Bertz CT molecular complexity index is 387. The number of rotatable bonds is 4. The maximum Gasteiger partial charge on any atom is 0.323 e. The van der Waals surface area contributed by atoms with E-state index in [0.29, 0.717) is 5.56 Å². The fourth-order valence-corrected chi connectivity index (χ4v) is 1.51. The summed E-state index contributed by atoms with van der Waals surface area (Å²) in [4.78, 5) is 25.2. The molecule has 92 valence electrons. The number of hydrogen-bond acceptors (Lipinski definition) is 3. The fourth-order valence-electron chi connectivity index (χ4n) is 1.51. The Morgan fingerprint density at radius 1 is 1.24 bits per heavy atom. The predicted molar refractivity (Wildman–Crippen MR) is 64.5 cm³/mol. The molecule has 17 heavy (non-hydrogen) atoms. The Balaban J connectivity index is 3.03. The van der Waals surface area contributed by atoms with E-state index in [1.807, 2.05) is 6.07 Å². The lowest BCUT2D eigenvalue weighted by Crippen LogP contribution is -2.33. The van der Waals surface area contributed by atoms with E-state index < -0.39 is 11.9 Å². The van der Waals surface area contributed by atoms with Crippen LogP contribution in [0.4, 0.5) is 0 Å². The molecule has 1 aromatic rings. The van der Waals surface area contributed by atoms with Crippen molar-refractivity contribution in [3.8, 4) is 0 Å². The maximum absolute atomic E-state index is 12.0. The first-order valence-corrected chi connectivity index (χ1v) is 5.50. The lowest BCUT2D eigenvalue weighted by Gasteiger charge is -2.19. The molecule has 0 aliphatic heterocycles. The molecular weight excluding hydrogens is 218 g/mol. The summed E-state index contributed by atoms with van der Waals surface area (Å²) in [6.45, 7) is 1.99. The minimum atomic E-state index is -0.869. The topological polar surface area (TPSA) is 46.6 Å². The van der Waals surface area contributed by atoms with Crippen LogP contribution in [-0.4, -0.2) is 37.5 Å². The van der Waals surface area contributed by atoms with Crippen molar-refractivity contribution in [2.45, 2.75) is 12.8 Å². The quantitative estimate of drug-likeness (QED) is 0.585. The van der Waals surface area contributed by atoms with E-state index in [1.54, 1.807) is 45.3 Å². The van der Waals surface area contributed by atoms with Gasteiger partial charge in [0.25, 0.3) is 0 Å². The van der Waals surface area contributed by atoms with Crippen LogP contribution in [0.3, 0.4) is 0 Å². The number of esters is 1. The van der Waals surface area contributed by atoms with Crippen molar-refractivity contribution in [3.63, 3.8) is 0 Å². The highest BCUT2D eigenvalue weighted by atomic mass is 16.5. The van der Waals surface area contributed by atoms with Crippen molar-refractivity contribution in [2.24, 2.45) is 0 Å². The molecule has 4 heteroatoms. The van der Waals surface area contributed by atoms with Gasteiger partial charge in [0.15, 0.2) is 5.92 Å². The van der Waals surface area contributed by atoms with Gasteiger partial charge >= 0.3 is 5.97 Å². The van der Waals surface area contributed by atoms with Crippen molar-refractivity contribution >= 4 is 11.9 Å². The van der Waals surface area contributed by atoms with Crippen LogP contribution in [0.15, 0.2) is 30.3 Å². The van der Waals surface area contributed by atoms with Crippen LogP contribution in [0.5, 0.6) is 0 Å². The molecule has 0 aliphatic carbocycles. The number of hydrogen-bond donors (Lipinski definition) is 0. The summed E-state index contributed by atoms with van der Waals surface area (Å²) in [5.74, 6) is -1.64. The van der Waals surface area contributed by atoms with Gasteiger partial charge in [0.2, 0.25) is 5.91 Å². The molecule has 0 heterocycles. The van der Waals surface area contributed by atoms with Crippen LogP contribution in [-0.2, 0) is 14.3 Å². The van der Waals surface area contributed by atoms with E-state index in [9.17, 15) is 9.59 Å². The summed E-state index contributed by atoms with van der Waals surface area (Å²) in [5.41, 5.74) is 0.657. The third-order valence-electron chi connectivity index (χ3n) is 2.34. The normalized spacial score (nSPS) is 11.7. The van der Waals surface area contributed by atoms with Crippen molar-refractivity contribution in [2.75, 3.05) is 20.7 Å². The Hall–Kier alpha value is -1.84. The second kappa shape index (κ2) is 6.03. The van der Waals surface area contributed by atoms with E-state index in [4.69, 9.17) is 4.74 Å². The lowest BCUT2D eigenvalue weighted by molar-refractivity contribution is -0.150. The molecule has 0 radical (unpaired) electrons. The predicted octanol–water partition coefficient (Wildman–Crippen LogP) is 1.42. The Morgan fingerprint density at radius 3 is 2.29 bits per heavy atom. The number of carbonyl (C=O) groups is 2. The standard InChI is InChI=1S/C13H17NO3/c1-4-17-13(16)11(12(15)14(2)3)10-8-6-5-7-9-10/h5-9,11H,4H2,1-3H3/t11-/m0/s1. The van der Waals surface area contributed by atoms with Crippen molar-refractivity contribution in [3.05, 3.63) is 35.9 Å². The molecule has 0 saturated carbocycles. The minimum Gasteiger partial charge on any atom is -0.465 e. The molecule has 0 N–H and O–H groups in total. The molecule has 1 amide bonds. The third-order valence-corrected chi connectivity index (χ3v) is 2.34. The summed E-state index contributed by atoms with van der Waals surface area (Å²) in [7, 11) is 3.25. The minimum absolute atomic E-state index is 0.267. The van der Waals surface area contributed by atoms with E-state index in [0.717, 1.165) is 0 Å². The highest BCUT2D eigenvalue weighted by Crippen LogP contribution is 2.19. The largest absolute Gasteiger partial charge is 0.465 e. The number of likely N-dealkylation sites (N-methyl/N-ethyl adjacent to an activating group) is 1. The average Bonchev–Trinajstić information content (AvgIpc) is 2.31. The van der Waals surface area contributed by atoms with Gasteiger partial charge in [0.1, 0.15) is 0 Å². The monoisotopic (exact) mass is 235 g/mol. The van der Waals surface area contributed by atoms with Crippen LogP contribution in [0.1, 0.15) is 18.4 Å². The highest BCUT2D eigenvalue weighted by molar-refractivity contribution is 6.03. The summed E-state index contributed by atoms with van der Waals surface area (Å²) in [5, 5.41) is 0. The zero-order chi connectivity index (χ0) is 12.8. The van der Waals surface area contributed by atoms with E-state index >= 15 is 0 Å². The van der Waals surface area contributed by atoms with E-state index in [2.05, 4.69) is 0 Å². The third kappa shape index (κ3) is 3.31. The van der Waals surface area contributed by atoms with Crippen LogP contribution in [0.25, 0.3) is 0 Å². The summed E-state index contributed by atoms with van der Waals surface area (Å²) >= 11 is 0. The number of carbonyl (C=O) groups excluding carboxylic acids is 2. The van der Waals surface area contributed by atoms with Gasteiger partial charge < -0.3 is 9.64 Å². The summed E-state index contributed by atoms with van der Waals surface area (Å²) in [6.07, 6.45) is 0. The Kier molecular flexibility index (Phi) is 4.69. The Labute approximate surface area is 101 Å². The van der Waals surface area contributed by atoms with Gasteiger partial charge in [0.05, 0.1) is 6.61 Å². The van der Waals surface area contributed by atoms with Gasteiger partial charge in [-0.15, -0.1) is 0 Å². The van der Waals surface area contributed by atoms with Gasteiger partial charge in [-0.2, -0.15) is 0 Å². The first kappa shape index (κ1) is 13.2. The number of benzene rings is 1. The summed E-state index contributed by atoms with van der Waals surface area (Å²) in [6, 6.07) is 8.94. The number of ether oxygens (including phenoxy) is 1. The van der Waals surface area contributed by atoms with Gasteiger partial charge in [0, 0.05) is 14.1 Å². The molecule has 1 rings (SSSR count).